The molecule has 0 bridgehead atoms. The number of unbranched alkanes of at least 4 members (excludes halogenated alkanes) is 2. The van der Waals surface area contributed by atoms with Crippen LogP contribution < -0.4 is 5.32 Å². The highest BCUT2D eigenvalue weighted by molar-refractivity contribution is 5.22. The van der Waals surface area contributed by atoms with Crippen molar-refractivity contribution in [1.82, 2.24) is 5.32 Å². The van der Waals surface area contributed by atoms with Crippen molar-refractivity contribution in [2.45, 2.75) is 45.6 Å². The van der Waals surface area contributed by atoms with E-state index in [9.17, 15) is 0 Å². The van der Waals surface area contributed by atoms with Crippen LogP contribution in [-0.4, -0.2) is 12.6 Å². The summed E-state index contributed by atoms with van der Waals surface area (Å²) in [5.41, 5.74) is 1.40. The van der Waals surface area contributed by atoms with Crippen LogP contribution in [0.1, 0.15) is 39.5 Å². The van der Waals surface area contributed by atoms with Gasteiger partial charge in [-0.2, -0.15) is 0 Å². The zero-order valence-electron chi connectivity index (χ0n) is 8.84. The lowest BCUT2D eigenvalue weighted by Gasteiger charge is -2.16. The molecule has 1 nitrogen and oxygen atoms in total. The molecule has 0 saturated heterocycles. The van der Waals surface area contributed by atoms with Gasteiger partial charge in [0.1, 0.15) is 0 Å². The molecule has 1 rings (SSSR count). The highest BCUT2D eigenvalue weighted by Gasteiger charge is 2.04. The summed E-state index contributed by atoms with van der Waals surface area (Å²) in [6, 6.07) is 0.584. The van der Waals surface area contributed by atoms with Crippen molar-refractivity contribution in [2.24, 2.45) is 0 Å². The van der Waals surface area contributed by atoms with Gasteiger partial charge in [-0.15, -0.1) is 0 Å². The van der Waals surface area contributed by atoms with E-state index in [1.54, 1.807) is 0 Å². The van der Waals surface area contributed by atoms with Gasteiger partial charge in [0, 0.05) is 6.04 Å². The van der Waals surface area contributed by atoms with Crippen molar-refractivity contribution in [1.29, 1.82) is 0 Å². The van der Waals surface area contributed by atoms with Crippen molar-refractivity contribution in [3.63, 3.8) is 0 Å². The number of hydrogen-bond acceptors (Lipinski definition) is 1. The van der Waals surface area contributed by atoms with Gasteiger partial charge < -0.3 is 5.32 Å². The maximum absolute atomic E-state index is 3.55. The van der Waals surface area contributed by atoms with Crippen molar-refractivity contribution in [3.05, 3.63) is 23.8 Å². The van der Waals surface area contributed by atoms with E-state index in [2.05, 4.69) is 37.4 Å². The van der Waals surface area contributed by atoms with Crippen LogP contribution in [0.4, 0.5) is 0 Å². The molecule has 0 aromatic rings. The monoisotopic (exact) mass is 179 g/mol. The van der Waals surface area contributed by atoms with Gasteiger partial charge in [-0.1, -0.05) is 43.6 Å². The normalized spacial score (nSPS) is 21.7. The molecule has 1 aliphatic carbocycles. The Kier molecular flexibility index (Phi) is 4.84. The SMILES string of the molecule is CCCCCNC1C=CC(C)=CC1. The summed E-state index contributed by atoms with van der Waals surface area (Å²) in [6.07, 6.45) is 11.9. The van der Waals surface area contributed by atoms with Gasteiger partial charge >= 0.3 is 0 Å². The second-order valence-corrected chi connectivity index (χ2v) is 3.81. The molecular formula is C12H21N. The third-order valence-corrected chi connectivity index (χ3v) is 2.47. The van der Waals surface area contributed by atoms with Crippen LogP contribution in [0.15, 0.2) is 23.8 Å². The van der Waals surface area contributed by atoms with Crippen LogP contribution in [0, 0.1) is 0 Å². The molecule has 0 saturated carbocycles. The quantitative estimate of drug-likeness (QED) is 0.640. The lowest BCUT2D eigenvalue weighted by Crippen LogP contribution is -2.28. The summed E-state index contributed by atoms with van der Waals surface area (Å²) >= 11 is 0. The number of hydrogen-bond donors (Lipinski definition) is 1. The van der Waals surface area contributed by atoms with Crippen LogP contribution in [-0.2, 0) is 0 Å². The van der Waals surface area contributed by atoms with Crippen LogP contribution >= 0.6 is 0 Å². The van der Waals surface area contributed by atoms with Gasteiger partial charge in [-0.05, 0) is 26.3 Å². The Morgan fingerprint density at radius 1 is 1.46 bits per heavy atom. The van der Waals surface area contributed by atoms with Crippen LogP contribution in [0.2, 0.25) is 0 Å². The first-order valence-electron chi connectivity index (χ1n) is 5.41. The van der Waals surface area contributed by atoms with E-state index in [4.69, 9.17) is 0 Å². The predicted octanol–water partition coefficient (Wildman–Crippen LogP) is 3.04. The second-order valence-electron chi connectivity index (χ2n) is 3.81. The minimum absolute atomic E-state index is 0.584. The Labute approximate surface area is 81.9 Å². The van der Waals surface area contributed by atoms with Crippen molar-refractivity contribution < 1.29 is 0 Å². The summed E-state index contributed by atoms with van der Waals surface area (Å²) in [5.74, 6) is 0. The van der Waals surface area contributed by atoms with Gasteiger partial charge in [0.05, 0.1) is 0 Å². The van der Waals surface area contributed by atoms with E-state index in [0.29, 0.717) is 6.04 Å². The molecule has 74 valence electrons. The average molecular weight is 179 g/mol. The largest absolute Gasteiger partial charge is 0.310 e. The maximum atomic E-state index is 3.55. The molecule has 0 aromatic heterocycles. The molecule has 13 heavy (non-hydrogen) atoms. The first kappa shape index (κ1) is 10.5. The van der Waals surface area contributed by atoms with Crippen LogP contribution in [0.5, 0.6) is 0 Å². The number of allylic oxidation sites excluding steroid dienone is 2. The minimum atomic E-state index is 0.584. The van der Waals surface area contributed by atoms with Gasteiger partial charge in [-0.25, -0.2) is 0 Å². The first-order chi connectivity index (χ1) is 6.33. The molecule has 1 heteroatoms. The standard InChI is InChI=1S/C12H21N/c1-3-4-5-10-13-12-8-6-11(2)7-9-12/h6-8,12-13H,3-5,9-10H2,1-2H3. The third-order valence-electron chi connectivity index (χ3n) is 2.47. The molecule has 1 unspecified atom stereocenters. The Morgan fingerprint density at radius 3 is 2.92 bits per heavy atom. The topological polar surface area (TPSA) is 12.0 Å². The maximum Gasteiger partial charge on any atom is 0.0287 e. The average Bonchev–Trinajstić information content (AvgIpc) is 2.15. The van der Waals surface area contributed by atoms with Crippen molar-refractivity contribution in [2.75, 3.05) is 6.54 Å². The van der Waals surface area contributed by atoms with Crippen molar-refractivity contribution >= 4 is 0 Å². The third kappa shape index (κ3) is 4.28. The molecule has 0 fully saturated rings. The molecule has 0 radical (unpaired) electrons. The number of rotatable bonds is 5. The van der Waals surface area contributed by atoms with E-state index in [1.165, 1.54) is 24.8 Å². The molecular weight excluding hydrogens is 158 g/mol. The molecule has 0 aliphatic heterocycles. The van der Waals surface area contributed by atoms with E-state index in [0.717, 1.165) is 13.0 Å². The molecule has 1 aliphatic rings. The number of nitrogens with one attached hydrogen (secondary N) is 1. The minimum Gasteiger partial charge on any atom is -0.310 e. The summed E-state index contributed by atoms with van der Waals surface area (Å²) < 4.78 is 0. The van der Waals surface area contributed by atoms with Crippen LogP contribution in [0.25, 0.3) is 0 Å². The predicted molar refractivity (Wildman–Crippen MR) is 58.8 cm³/mol. The zero-order chi connectivity index (χ0) is 9.52. The highest BCUT2D eigenvalue weighted by atomic mass is 14.9. The fourth-order valence-electron chi connectivity index (χ4n) is 1.54. The fraction of sp³-hybridized carbons (Fsp3) is 0.667. The van der Waals surface area contributed by atoms with E-state index >= 15 is 0 Å². The van der Waals surface area contributed by atoms with Crippen LogP contribution in [0.3, 0.4) is 0 Å². The highest BCUT2D eigenvalue weighted by Crippen LogP contribution is 2.09. The van der Waals surface area contributed by atoms with Crippen molar-refractivity contribution in [3.8, 4) is 0 Å². The molecule has 0 heterocycles. The van der Waals surface area contributed by atoms with Gasteiger partial charge in [0.25, 0.3) is 0 Å². The van der Waals surface area contributed by atoms with Gasteiger partial charge in [0.15, 0.2) is 0 Å². The van der Waals surface area contributed by atoms with Gasteiger partial charge in [0.2, 0.25) is 0 Å². The summed E-state index contributed by atoms with van der Waals surface area (Å²) in [7, 11) is 0. The molecule has 0 spiro atoms. The first-order valence-corrected chi connectivity index (χ1v) is 5.41. The lowest BCUT2D eigenvalue weighted by atomic mass is 10.0. The summed E-state index contributed by atoms with van der Waals surface area (Å²) in [5, 5.41) is 3.55. The second kappa shape index (κ2) is 5.98. The van der Waals surface area contributed by atoms with E-state index in [-0.39, 0.29) is 0 Å². The molecule has 1 atom stereocenters. The molecule has 0 aromatic carbocycles. The molecule has 0 amide bonds. The Balaban J connectivity index is 2.07. The Morgan fingerprint density at radius 2 is 2.31 bits per heavy atom. The lowest BCUT2D eigenvalue weighted by molar-refractivity contribution is 0.558. The summed E-state index contributed by atoms with van der Waals surface area (Å²) in [4.78, 5) is 0. The molecule has 1 N–H and O–H groups in total. The van der Waals surface area contributed by atoms with Gasteiger partial charge in [-0.3, -0.25) is 0 Å². The van der Waals surface area contributed by atoms with E-state index < -0.39 is 0 Å². The van der Waals surface area contributed by atoms with E-state index in [1.807, 2.05) is 0 Å². The summed E-state index contributed by atoms with van der Waals surface area (Å²) in [6.45, 7) is 5.56. The fourth-order valence-corrected chi connectivity index (χ4v) is 1.54. The Hall–Kier alpha value is -0.560. The smallest absolute Gasteiger partial charge is 0.0287 e. The Bertz CT molecular complexity index is 191. The zero-order valence-corrected chi connectivity index (χ0v) is 8.84.